The molecule has 0 spiro atoms. The van der Waals surface area contributed by atoms with Gasteiger partial charge in [0, 0.05) is 18.2 Å². The van der Waals surface area contributed by atoms with Crippen molar-refractivity contribution >= 4 is 5.97 Å². The van der Waals surface area contributed by atoms with Crippen LogP contribution in [0.2, 0.25) is 0 Å². The molecule has 1 atom stereocenters. The molecule has 1 heterocycles. The summed E-state index contributed by atoms with van der Waals surface area (Å²) in [5, 5.41) is 0. The van der Waals surface area contributed by atoms with Crippen LogP contribution in [0.25, 0.3) is 11.1 Å². The second kappa shape index (κ2) is 7.37. The van der Waals surface area contributed by atoms with Gasteiger partial charge >= 0.3 is 12.1 Å². The molecule has 0 amide bonds. The Bertz CT molecular complexity index is 955. The van der Waals surface area contributed by atoms with Gasteiger partial charge in [0.25, 0.3) is 0 Å². The lowest BCUT2D eigenvalue weighted by atomic mass is 9.76. The van der Waals surface area contributed by atoms with Gasteiger partial charge in [0.05, 0.1) is 7.11 Å². The Labute approximate surface area is 167 Å². The summed E-state index contributed by atoms with van der Waals surface area (Å²) in [6.45, 7) is 4.05. The highest BCUT2D eigenvalue weighted by Gasteiger charge is 2.43. The second-order valence-corrected chi connectivity index (χ2v) is 7.40. The first-order valence-corrected chi connectivity index (χ1v) is 9.70. The molecule has 2 aliphatic rings. The number of ether oxygens (including phenoxy) is 2. The maximum absolute atomic E-state index is 12.9. The zero-order valence-electron chi connectivity index (χ0n) is 16.3. The number of alkyl halides is 3. The number of nitrogens with zero attached hydrogens (tertiary/aromatic N) is 1. The average molecular weight is 405 g/mol. The summed E-state index contributed by atoms with van der Waals surface area (Å²) in [6, 6.07) is 9.46. The zero-order valence-corrected chi connectivity index (χ0v) is 16.3. The van der Waals surface area contributed by atoms with Crippen molar-refractivity contribution in [2.24, 2.45) is 0 Å². The first-order valence-electron chi connectivity index (χ1n) is 9.70. The van der Waals surface area contributed by atoms with E-state index in [1.165, 1.54) is 12.7 Å². The van der Waals surface area contributed by atoms with Crippen LogP contribution in [-0.4, -0.2) is 37.2 Å². The van der Waals surface area contributed by atoms with Crippen molar-refractivity contribution in [2.75, 3.05) is 20.2 Å². The van der Waals surface area contributed by atoms with E-state index < -0.39 is 12.1 Å². The standard InChI is InChI=1S/C22H22F3NO3/c1-3-10-26-11-9-13-5-4-6-15-18(13)16(26)12-14-7-8-17(28-2)20(19(14)15)29-21(27)22(23,24)25/h4-8,16H,3,9-12H2,1-2H3/t16-/m1/s1. The number of benzene rings is 2. The molecule has 0 fully saturated rings. The third kappa shape index (κ3) is 3.37. The Morgan fingerprint density at radius 2 is 2.00 bits per heavy atom. The van der Waals surface area contributed by atoms with E-state index in [4.69, 9.17) is 9.47 Å². The number of carbonyl (C=O) groups is 1. The van der Waals surface area contributed by atoms with Crippen molar-refractivity contribution in [3.63, 3.8) is 0 Å². The van der Waals surface area contributed by atoms with Crippen LogP contribution in [0.15, 0.2) is 30.3 Å². The summed E-state index contributed by atoms with van der Waals surface area (Å²) in [4.78, 5) is 14.1. The summed E-state index contributed by atoms with van der Waals surface area (Å²) >= 11 is 0. The number of carbonyl (C=O) groups excluding carboxylic acids is 1. The number of fused-ring (bicyclic) bond motifs is 2. The van der Waals surface area contributed by atoms with Crippen LogP contribution >= 0.6 is 0 Å². The first-order chi connectivity index (χ1) is 13.8. The van der Waals surface area contributed by atoms with Crippen molar-refractivity contribution in [3.8, 4) is 22.6 Å². The fourth-order valence-corrected chi connectivity index (χ4v) is 4.52. The van der Waals surface area contributed by atoms with E-state index in [9.17, 15) is 18.0 Å². The Morgan fingerprint density at radius 3 is 2.69 bits per heavy atom. The van der Waals surface area contributed by atoms with Crippen LogP contribution in [0.5, 0.6) is 11.5 Å². The Morgan fingerprint density at radius 1 is 1.21 bits per heavy atom. The van der Waals surface area contributed by atoms with Crippen LogP contribution in [-0.2, 0) is 17.6 Å². The predicted octanol–water partition coefficient (Wildman–Crippen LogP) is 4.70. The molecular weight excluding hydrogens is 383 g/mol. The largest absolute Gasteiger partial charge is 0.493 e. The van der Waals surface area contributed by atoms with Crippen molar-refractivity contribution in [1.82, 2.24) is 4.90 Å². The van der Waals surface area contributed by atoms with Gasteiger partial charge in [-0.2, -0.15) is 13.2 Å². The van der Waals surface area contributed by atoms with E-state index >= 15 is 0 Å². The van der Waals surface area contributed by atoms with Gasteiger partial charge in [0.15, 0.2) is 11.5 Å². The van der Waals surface area contributed by atoms with Gasteiger partial charge in [-0.05, 0) is 54.1 Å². The topological polar surface area (TPSA) is 38.8 Å². The minimum absolute atomic E-state index is 0.110. The van der Waals surface area contributed by atoms with E-state index in [-0.39, 0.29) is 17.5 Å². The molecule has 0 saturated heterocycles. The molecule has 0 unspecified atom stereocenters. The summed E-state index contributed by atoms with van der Waals surface area (Å²) < 4.78 is 48.8. The van der Waals surface area contributed by atoms with Gasteiger partial charge < -0.3 is 9.47 Å². The number of methoxy groups -OCH3 is 1. The molecular formula is C22H22F3NO3. The minimum Gasteiger partial charge on any atom is -0.493 e. The molecule has 0 aromatic heterocycles. The summed E-state index contributed by atoms with van der Waals surface area (Å²) in [5.74, 6) is -2.30. The van der Waals surface area contributed by atoms with Crippen molar-refractivity contribution in [1.29, 1.82) is 0 Å². The van der Waals surface area contributed by atoms with Gasteiger partial charge in [-0.1, -0.05) is 31.2 Å². The minimum atomic E-state index is -5.08. The maximum atomic E-state index is 12.9. The Kier molecular flexibility index (Phi) is 5.02. The number of hydrogen-bond acceptors (Lipinski definition) is 4. The molecule has 1 aliphatic carbocycles. The van der Waals surface area contributed by atoms with E-state index in [1.807, 2.05) is 18.2 Å². The van der Waals surface area contributed by atoms with Crippen LogP contribution in [0.3, 0.4) is 0 Å². The summed E-state index contributed by atoms with van der Waals surface area (Å²) in [6.07, 6.45) is -2.52. The smallest absolute Gasteiger partial charge is 0.491 e. The third-order valence-corrected chi connectivity index (χ3v) is 5.69. The normalized spacial score (nSPS) is 18.0. The van der Waals surface area contributed by atoms with Crippen LogP contribution in [0.1, 0.15) is 36.1 Å². The monoisotopic (exact) mass is 405 g/mol. The SMILES string of the molecule is CCCN1CCc2cccc3c2[C@H]1Cc1ccc(OC)c(OC(=O)C(F)(F)F)c1-3. The maximum Gasteiger partial charge on any atom is 0.491 e. The van der Waals surface area contributed by atoms with Crippen molar-refractivity contribution in [3.05, 3.63) is 47.0 Å². The number of esters is 1. The highest BCUT2D eigenvalue weighted by molar-refractivity contribution is 5.87. The second-order valence-electron chi connectivity index (χ2n) is 7.40. The van der Waals surface area contributed by atoms with Crippen LogP contribution in [0.4, 0.5) is 13.2 Å². The highest BCUT2D eigenvalue weighted by Crippen LogP contribution is 2.51. The summed E-state index contributed by atoms with van der Waals surface area (Å²) in [7, 11) is 1.35. The van der Waals surface area contributed by atoms with E-state index in [0.29, 0.717) is 12.0 Å². The molecule has 2 aromatic carbocycles. The molecule has 0 radical (unpaired) electrons. The number of rotatable bonds is 4. The van der Waals surface area contributed by atoms with E-state index in [0.717, 1.165) is 42.6 Å². The molecule has 4 nitrogen and oxygen atoms in total. The molecule has 0 saturated carbocycles. The van der Waals surface area contributed by atoms with Gasteiger partial charge in [-0.3, -0.25) is 4.90 Å². The van der Waals surface area contributed by atoms with E-state index in [1.54, 1.807) is 6.07 Å². The van der Waals surface area contributed by atoms with Crippen LogP contribution < -0.4 is 9.47 Å². The summed E-state index contributed by atoms with van der Waals surface area (Å²) in [5.41, 5.74) is 4.51. The van der Waals surface area contributed by atoms with Gasteiger partial charge in [-0.15, -0.1) is 0 Å². The molecule has 2 aromatic rings. The predicted molar refractivity (Wildman–Crippen MR) is 102 cm³/mol. The van der Waals surface area contributed by atoms with E-state index in [2.05, 4.69) is 17.9 Å². The lowest BCUT2D eigenvalue weighted by Crippen LogP contribution is -2.39. The molecule has 154 valence electrons. The quantitative estimate of drug-likeness (QED) is 0.546. The number of halogens is 3. The number of hydrogen-bond donors (Lipinski definition) is 0. The lowest BCUT2D eigenvalue weighted by Gasteiger charge is -2.42. The average Bonchev–Trinajstić information content (AvgIpc) is 2.69. The Hall–Kier alpha value is -2.54. The van der Waals surface area contributed by atoms with Crippen molar-refractivity contribution < 1.29 is 27.4 Å². The molecule has 1 aliphatic heterocycles. The van der Waals surface area contributed by atoms with Gasteiger partial charge in [0.1, 0.15) is 0 Å². The Balaban J connectivity index is 1.89. The molecule has 0 N–H and O–H groups in total. The highest BCUT2D eigenvalue weighted by atomic mass is 19.4. The van der Waals surface area contributed by atoms with Gasteiger partial charge in [-0.25, -0.2) is 4.79 Å². The fraction of sp³-hybridized carbons (Fsp3) is 0.409. The van der Waals surface area contributed by atoms with Gasteiger partial charge in [0.2, 0.25) is 0 Å². The molecule has 0 bridgehead atoms. The first kappa shape index (κ1) is 19.8. The lowest BCUT2D eigenvalue weighted by molar-refractivity contribution is -0.189. The van der Waals surface area contributed by atoms with Crippen LogP contribution in [0, 0.1) is 0 Å². The van der Waals surface area contributed by atoms with Crippen molar-refractivity contribution in [2.45, 2.75) is 38.4 Å². The molecule has 4 rings (SSSR count). The molecule has 29 heavy (non-hydrogen) atoms. The fourth-order valence-electron chi connectivity index (χ4n) is 4.52. The zero-order chi connectivity index (χ0) is 20.8. The third-order valence-electron chi connectivity index (χ3n) is 5.69. The molecule has 7 heteroatoms.